The van der Waals surface area contributed by atoms with Crippen molar-refractivity contribution in [3.05, 3.63) is 113 Å². The molecule has 1 atom stereocenters. The number of aromatic nitrogens is 3. The Labute approximate surface area is 252 Å². The fraction of sp³-hybridized carbons (Fsp3) is 0.265. The van der Waals surface area contributed by atoms with Gasteiger partial charge in [0, 0.05) is 30.8 Å². The Morgan fingerprint density at radius 2 is 1.88 bits per heavy atom. The van der Waals surface area contributed by atoms with E-state index in [0.717, 1.165) is 52.3 Å². The molecule has 0 saturated carbocycles. The van der Waals surface area contributed by atoms with E-state index in [9.17, 15) is 4.79 Å². The van der Waals surface area contributed by atoms with Gasteiger partial charge in [0.25, 0.3) is 0 Å². The lowest BCUT2D eigenvalue weighted by molar-refractivity contribution is -0.114. The van der Waals surface area contributed by atoms with Crippen LogP contribution >= 0.6 is 15.9 Å². The molecule has 0 radical (unpaired) electrons. The van der Waals surface area contributed by atoms with Gasteiger partial charge in [-0.25, -0.2) is 4.98 Å². The van der Waals surface area contributed by atoms with Crippen molar-refractivity contribution in [3.63, 3.8) is 0 Å². The van der Waals surface area contributed by atoms with Crippen LogP contribution in [0, 0.1) is 12.8 Å². The lowest BCUT2D eigenvalue weighted by atomic mass is 10.1. The second-order valence-corrected chi connectivity index (χ2v) is 10.7. The highest BCUT2D eigenvalue weighted by molar-refractivity contribution is 9.10. The summed E-state index contributed by atoms with van der Waals surface area (Å²) in [4.78, 5) is 15.5. The summed E-state index contributed by atoms with van der Waals surface area (Å²) in [5, 5.41) is 10.7. The average molecular weight is 615 g/mol. The van der Waals surface area contributed by atoms with E-state index in [1.807, 2.05) is 47.0 Å². The van der Waals surface area contributed by atoms with E-state index < -0.39 is 0 Å². The van der Waals surface area contributed by atoms with E-state index in [4.69, 9.17) is 4.98 Å². The maximum absolute atomic E-state index is 10.7. The van der Waals surface area contributed by atoms with Crippen LogP contribution in [0.5, 0.6) is 0 Å². The molecule has 7 heteroatoms. The molecule has 2 N–H and O–H groups in total. The molecule has 214 valence electrons. The number of anilines is 2. The number of fused-ring (bicyclic) bond motifs is 1. The van der Waals surface area contributed by atoms with Gasteiger partial charge in [0.1, 0.15) is 5.82 Å². The molecular formula is C34H40BrN5O. The van der Waals surface area contributed by atoms with Crippen molar-refractivity contribution in [1.29, 1.82) is 0 Å². The first kappa shape index (κ1) is 31.6. The SMILES string of the molecule is C=C/C=C(\C=C/C(C)CNc1cc(-c2ccccc2C)nc2c(Br)cnn12)CC.CCc1ccc(NC(C)=O)cc1. The van der Waals surface area contributed by atoms with Crippen LogP contribution in [0.4, 0.5) is 11.5 Å². The molecule has 0 aliphatic carbocycles. The standard InChI is InChI=1S/C24H27BrN4.C10H13NO/c1-5-9-19(6-2)13-12-17(3)15-26-23-14-22(20-11-8-7-10-18(20)4)28-24-21(25)16-27-29(23)24;1-3-9-4-6-10(7-5-9)11-8(2)12/h5,7-14,16-17,26H,1,6,15H2,2-4H3;4-7H,3H2,1-2H3,(H,11,12)/b13-12-,19-9-;. The fourth-order valence-electron chi connectivity index (χ4n) is 4.15. The fourth-order valence-corrected chi connectivity index (χ4v) is 4.50. The summed E-state index contributed by atoms with van der Waals surface area (Å²) in [5.41, 5.74) is 7.48. The van der Waals surface area contributed by atoms with Crippen LogP contribution in [0.15, 0.2) is 102 Å². The molecule has 2 heterocycles. The molecular weight excluding hydrogens is 574 g/mol. The minimum Gasteiger partial charge on any atom is -0.369 e. The van der Waals surface area contributed by atoms with Gasteiger partial charge in [0.05, 0.1) is 16.4 Å². The van der Waals surface area contributed by atoms with E-state index in [0.29, 0.717) is 5.92 Å². The van der Waals surface area contributed by atoms with E-state index >= 15 is 0 Å². The van der Waals surface area contributed by atoms with Gasteiger partial charge in [-0.05, 0) is 70.4 Å². The van der Waals surface area contributed by atoms with Crippen LogP contribution in [0.2, 0.25) is 0 Å². The second-order valence-electron chi connectivity index (χ2n) is 9.85. The zero-order valence-corrected chi connectivity index (χ0v) is 26.2. The third-order valence-electron chi connectivity index (χ3n) is 6.52. The van der Waals surface area contributed by atoms with Crippen molar-refractivity contribution in [2.45, 2.75) is 47.5 Å². The molecule has 4 rings (SSSR count). The van der Waals surface area contributed by atoms with Gasteiger partial charge in [-0.3, -0.25) is 4.79 Å². The molecule has 0 spiro atoms. The normalized spacial score (nSPS) is 12.1. The van der Waals surface area contributed by atoms with E-state index in [1.165, 1.54) is 23.6 Å². The molecule has 1 unspecified atom stereocenters. The third kappa shape index (κ3) is 9.29. The molecule has 0 bridgehead atoms. The number of amides is 1. The lowest BCUT2D eigenvalue weighted by Gasteiger charge is -2.14. The predicted molar refractivity (Wildman–Crippen MR) is 176 cm³/mol. The number of nitrogens with zero attached hydrogens (tertiary/aromatic N) is 3. The van der Waals surface area contributed by atoms with E-state index in [2.05, 4.69) is 102 Å². The van der Waals surface area contributed by atoms with Crippen LogP contribution in [0.1, 0.15) is 45.2 Å². The molecule has 4 aromatic rings. The maximum atomic E-state index is 10.7. The van der Waals surface area contributed by atoms with Gasteiger partial charge in [0.15, 0.2) is 5.65 Å². The van der Waals surface area contributed by atoms with Crippen LogP contribution in [0.3, 0.4) is 0 Å². The number of rotatable bonds is 10. The Morgan fingerprint density at radius 3 is 2.51 bits per heavy atom. The van der Waals surface area contributed by atoms with Crippen LogP contribution in [-0.2, 0) is 11.2 Å². The Bertz CT molecular complexity index is 1520. The van der Waals surface area contributed by atoms with Crippen LogP contribution in [0.25, 0.3) is 16.9 Å². The van der Waals surface area contributed by atoms with Gasteiger partial charge in [-0.15, -0.1) is 0 Å². The summed E-state index contributed by atoms with van der Waals surface area (Å²) in [5.74, 6) is 1.26. The number of hydrogen-bond donors (Lipinski definition) is 2. The third-order valence-corrected chi connectivity index (χ3v) is 7.08. The van der Waals surface area contributed by atoms with E-state index in [-0.39, 0.29) is 5.91 Å². The molecule has 1 amide bonds. The van der Waals surface area contributed by atoms with Crippen molar-refractivity contribution in [2.24, 2.45) is 5.92 Å². The first-order valence-corrected chi connectivity index (χ1v) is 14.7. The first-order valence-electron chi connectivity index (χ1n) is 14.0. The molecule has 0 aliphatic rings. The highest BCUT2D eigenvalue weighted by Gasteiger charge is 2.13. The highest BCUT2D eigenvalue weighted by atomic mass is 79.9. The number of allylic oxidation sites excluding steroid dienone is 4. The van der Waals surface area contributed by atoms with Gasteiger partial charge >= 0.3 is 0 Å². The summed E-state index contributed by atoms with van der Waals surface area (Å²) in [6.07, 6.45) is 12.1. The number of halogens is 1. The predicted octanol–water partition coefficient (Wildman–Crippen LogP) is 8.80. The zero-order valence-electron chi connectivity index (χ0n) is 24.6. The monoisotopic (exact) mass is 613 g/mol. The van der Waals surface area contributed by atoms with Gasteiger partial charge in [0.2, 0.25) is 5.91 Å². The Kier molecular flexibility index (Phi) is 12.1. The van der Waals surface area contributed by atoms with Crippen LogP contribution in [-0.4, -0.2) is 27.0 Å². The number of aryl methyl sites for hydroxylation is 2. The van der Waals surface area contributed by atoms with E-state index in [1.54, 1.807) is 6.20 Å². The number of carbonyl (C=O) groups is 1. The zero-order chi connectivity index (χ0) is 29.8. The summed E-state index contributed by atoms with van der Waals surface area (Å²) in [7, 11) is 0. The summed E-state index contributed by atoms with van der Waals surface area (Å²) in [6, 6.07) is 18.2. The van der Waals surface area contributed by atoms with Crippen LogP contribution < -0.4 is 10.6 Å². The molecule has 2 aromatic heterocycles. The molecule has 0 aliphatic heterocycles. The van der Waals surface area contributed by atoms with Crippen molar-refractivity contribution < 1.29 is 4.79 Å². The number of benzene rings is 2. The highest BCUT2D eigenvalue weighted by Crippen LogP contribution is 2.28. The lowest BCUT2D eigenvalue weighted by Crippen LogP contribution is -2.13. The first-order chi connectivity index (χ1) is 19.7. The Morgan fingerprint density at radius 1 is 1.15 bits per heavy atom. The van der Waals surface area contributed by atoms with Crippen molar-refractivity contribution in [2.75, 3.05) is 17.2 Å². The molecule has 2 aromatic carbocycles. The molecule has 41 heavy (non-hydrogen) atoms. The van der Waals surface area contributed by atoms with Gasteiger partial charge < -0.3 is 10.6 Å². The van der Waals surface area contributed by atoms with Gasteiger partial charge in [-0.2, -0.15) is 9.61 Å². The smallest absolute Gasteiger partial charge is 0.221 e. The van der Waals surface area contributed by atoms with Crippen molar-refractivity contribution >= 4 is 39.0 Å². The van der Waals surface area contributed by atoms with Gasteiger partial charge in [-0.1, -0.05) is 88.1 Å². The summed E-state index contributed by atoms with van der Waals surface area (Å²) < 4.78 is 2.73. The topological polar surface area (TPSA) is 71.3 Å². The van der Waals surface area contributed by atoms with Crippen molar-refractivity contribution in [1.82, 2.24) is 14.6 Å². The largest absolute Gasteiger partial charge is 0.369 e. The Balaban J connectivity index is 0.000000322. The number of nitrogens with one attached hydrogen (secondary N) is 2. The molecule has 0 saturated heterocycles. The quantitative estimate of drug-likeness (QED) is 0.175. The second kappa shape index (κ2) is 15.7. The molecule has 6 nitrogen and oxygen atoms in total. The number of hydrogen-bond acceptors (Lipinski definition) is 4. The summed E-state index contributed by atoms with van der Waals surface area (Å²) >= 11 is 3.57. The minimum absolute atomic E-state index is 0.0285. The van der Waals surface area contributed by atoms with Crippen molar-refractivity contribution in [3.8, 4) is 11.3 Å². The number of carbonyl (C=O) groups excluding carboxylic acids is 1. The minimum atomic E-state index is -0.0285. The summed E-state index contributed by atoms with van der Waals surface area (Å²) in [6.45, 7) is 14.6. The average Bonchev–Trinajstić information content (AvgIpc) is 3.35. The molecule has 0 fully saturated rings. The maximum Gasteiger partial charge on any atom is 0.221 e. The Hall–Kier alpha value is -3.97.